The van der Waals surface area contributed by atoms with E-state index in [1.807, 2.05) is 0 Å². The highest BCUT2D eigenvalue weighted by atomic mass is 79.9. The molecule has 0 radical (unpaired) electrons. The molecule has 0 bridgehead atoms. The van der Waals surface area contributed by atoms with Crippen LogP contribution in [0.1, 0.15) is 6.42 Å². The predicted molar refractivity (Wildman–Crippen MR) is 76.9 cm³/mol. The van der Waals surface area contributed by atoms with Crippen molar-refractivity contribution < 1.29 is 19.8 Å². The van der Waals surface area contributed by atoms with Crippen molar-refractivity contribution in [2.24, 2.45) is 0 Å². The van der Waals surface area contributed by atoms with Crippen LogP contribution in [-0.2, 0) is 4.79 Å². The van der Waals surface area contributed by atoms with Gasteiger partial charge in [-0.1, -0.05) is 17.7 Å². The van der Waals surface area contributed by atoms with Gasteiger partial charge < -0.3 is 20.4 Å². The number of hydrogen-bond acceptors (Lipinski definition) is 3. The molecule has 2 rings (SSSR count). The highest BCUT2D eigenvalue weighted by molar-refractivity contribution is 9.10. The molecule has 0 aromatic heterocycles. The van der Waals surface area contributed by atoms with E-state index in [4.69, 9.17) is 16.7 Å². The van der Waals surface area contributed by atoms with Crippen molar-refractivity contribution in [1.82, 2.24) is 4.90 Å². The Morgan fingerprint density at radius 1 is 1.45 bits per heavy atom. The van der Waals surface area contributed by atoms with Crippen LogP contribution in [0.5, 0.6) is 0 Å². The van der Waals surface area contributed by atoms with Crippen molar-refractivity contribution >= 4 is 45.2 Å². The topological polar surface area (TPSA) is 89.9 Å². The SMILES string of the molecule is O=C(O)C1CC(O)CN1C(=O)Nc1cccc(Cl)c1Br. The summed E-state index contributed by atoms with van der Waals surface area (Å²) in [7, 11) is 0. The van der Waals surface area contributed by atoms with E-state index in [1.54, 1.807) is 18.2 Å². The molecule has 1 saturated heterocycles. The number of aliphatic hydroxyl groups excluding tert-OH is 1. The summed E-state index contributed by atoms with van der Waals surface area (Å²) in [5.74, 6) is -1.14. The number of benzene rings is 1. The summed E-state index contributed by atoms with van der Waals surface area (Å²) in [6, 6.07) is 3.34. The van der Waals surface area contributed by atoms with E-state index in [0.29, 0.717) is 15.2 Å². The third kappa shape index (κ3) is 3.05. The lowest BCUT2D eigenvalue weighted by molar-refractivity contribution is -0.141. The molecule has 2 unspecified atom stereocenters. The van der Waals surface area contributed by atoms with Crippen LogP contribution < -0.4 is 5.32 Å². The Morgan fingerprint density at radius 2 is 2.15 bits per heavy atom. The van der Waals surface area contributed by atoms with E-state index in [1.165, 1.54) is 0 Å². The van der Waals surface area contributed by atoms with Gasteiger partial charge in [0.1, 0.15) is 6.04 Å². The van der Waals surface area contributed by atoms with Gasteiger partial charge >= 0.3 is 12.0 Å². The Morgan fingerprint density at radius 3 is 2.80 bits per heavy atom. The Balaban J connectivity index is 2.15. The zero-order valence-electron chi connectivity index (χ0n) is 10.2. The molecule has 1 aromatic rings. The van der Waals surface area contributed by atoms with Crippen molar-refractivity contribution in [3.8, 4) is 0 Å². The number of aliphatic carboxylic acids is 1. The maximum atomic E-state index is 12.1. The lowest BCUT2D eigenvalue weighted by Crippen LogP contribution is -2.43. The van der Waals surface area contributed by atoms with Gasteiger partial charge in [0.05, 0.1) is 21.3 Å². The summed E-state index contributed by atoms with van der Waals surface area (Å²) in [4.78, 5) is 24.3. The number of hydrogen-bond donors (Lipinski definition) is 3. The Kier molecular flexibility index (Phi) is 4.52. The molecule has 20 heavy (non-hydrogen) atoms. The molecular formula is C12H12BrClN2O4. The third-order valence-corrected chi connectivity index (χ3v) is 4.42. The summed E-state index contributed by atoms with van der Waals surface area (Å²) in [5.41, 5.74) is 0.438. The number of halogens is 2. The van der Waals surface area contributed by atoms with Crippen LogP contribution in [0.3, 0.4) is 0 Å². The minimum absolute atomic E-state index is 0.0129. The van der Waals surface area contributed by atoms with Gasteiger partial charge in [0.25, 0.3) is 0 Å². The molecule has 1 aromatic carbocycles. The quantitative estimate of drug-likeness (QED) is 0.751. The molecule has 108 valence electrons. The number of likely N-dealkylation sites (tertiary alicyclic amines) is 1. The van der Waals surface area contributed by atoms with E-state index in [2.05, 4.69) is 21.2 Å². The van der Waals surface area contributed by atoms with Crippen molar-refractivity contribution in [1.29, 1.82) is 0 Å². The van der Waals surface area contributed by atoms with Crippen molar-refractivity contribution in [2.75, 3.05) is 11.9 Å². The summed E-state index contributed by atoms with van der Waals surface area (Å²) >= 11 is 9.16. The number of carbonyl (C=O) groups excluding carboxylic acids is 1. The van der Waals surface area contributed by atoms with Gasteiger partial charge in [-0.3, -0.25) is 0 Å². The molecule has 0 spiro atoms. The third-order valence-electron chi connectivity index (χ3n) is 3.02. The molecule has 0 aliphatic carbocycles. The van der Waals surface area contributed by atoms with Crippen molar-refractivity contribution in [2.45, 2.75) is 18.6 Å². The second-order valence-electron chi connectivity index (χ2n) is 4.43. The van der Waals surface area contributed by atoms with E-state index in [9.17, 15) is 14.7 Å². The maximum Gasteiger partial charge on any atom is 0.326 e. The predicted octanol–water partition coefficient (Wildman–Crippen LogP) is 2.15. The fourth-order valence-electron chi connectivity index (χ4n) is 2.06. The molecule has 8 heteroatoms. The lowest BCUT2D eigenvalue weighted by Gasteiger charge is -2.22. The van der Waals surface area contributed by atoms with Gasteiger partial charge in [-0.25, -0.2) is 9.59 Å². The monoisotopic (exact) mass is 362 g/mol. The average molecular weight is 364 g/mol. The number of β-amino-alcohol motifs (C(OH)–C–C–N with tert-alkyl or cyclic N) is 1. The van der Waals surface area contributed by atoms with Gasteiger partial charge in [0, 0.05) is 13.0 Å². The van der Waals surface area contributed by atoms with Gasteiger partial charge in [-0.2, -0.15) is 0 Å². The minimum atomic E-state index is -1.14. The number of nitrogens with zero attached hydrogens (tertiary/aromatic N) is 1. The van der Waals surface area contributed by atoms with Crippen LogP contribution in [0.4, 0.5) is 10.5 Å². The fraction of sp³-hybridized carbons (Fsp3) is 0.333. The molecular weight excluding hydrogens is 351 g/mol. The van der Waals surface area contributed by atoms with E-state index >= 15 is 0 Å². The first-order valence-electron chi connectivity index (χ1n) is 5.82. The van der Waals surface area contributed by atoms with Crippen LogP contribution in [0.2, 0.25) is 5.02 Å². The molecule has 6 nitrogen and oxygen atoms in total. The van der Waals surface area contributed by atoms with E-state index < -0.39 is 24.1 Å². The first kappa shape index (κ1) is 15.1. The minimum Gasteiger partial charge on any atom is -0.480 e. The van der Waals surface area contributed by atoms with Crippen molar-refractivity contribution in [3.63, 3.8) is 0 Å². The lowest BCUT2D eigenvalue weighted by atomic mass is 10.2. The zero-order chi connectivity index (χ0) is 14.9. The number of carboxylic acid groups (broad SMARTS) is 1. The second kappa shape index (κ2) is 5.99. The average Bonchev–Trinajstić information content (AvgIpc) is 2.77. The molecule has 0 saturated carbocycles. The molecule has 1 heterocycles. The van der Waals surface area contributed by atoms with Gasteiger partial charge in [-0.15, -0.1) is 0 Å². The van der Waals surface area contributed by atoms with Crippen LogP contribution >= 0.6 is 27.5 Å². The van der Waals surface area contributed by atoms with Crippen molar-refractivity contribution in [3.05, 3.63) is 27.7 Å². The smallest absolute Gasteiger partial charge is 0.326 e. The fourth-order valence-corrected chi connectivity index (χ4v) is 2.60. The van der Waals surface area contributed by atoms with Gasteiger partial charge in [0.15, 0.2) is 0 Å². The normalized spacial score (nSPS) is 21.9. The van der Waals surface area contributed by atoms with Crippen LogP contribution in [0.25, 0.3) is 0 Å². The number of anilines is 1. The largest absolute Gasteiger partial charge is 0.480 e. The number of urea groups is 1. The van der Waals surface area contributed by atoms with Crippen LogP contribution in [0.15, 0.2) is 22.7 Å². The van der Waals surface area contributed by atoms with E-state index in [0.717, 1.165) is 4.90 Å². The number of nitrogens with one attached hydrogen (secondary N) is 1. The standard InChI is InChI=1S/C12H12BrClN2O4/c13-10-7(14)2-1-3-8(10)15-12(20)16-5-6(17)4-9(16)11(18)19/h1-3,6,9,17H,4-5H2,(H,15,20)(H,18,19). The number of amides is 2. The Bertz CT molecular complexity index is 554. The maximum absolute atomic E-state index is 12.1. The molecule has 1 aliphatic rings. The zero-order valence-corrected chi connectivity index (χ0v) is 12.6. The number of carboxylic acids is 1. The number of carbonyl (C=O) groups is 2. The number of aliphatic hydroxyl groups is 1. The van der Waals surface area contributed by atoms with Crippen LogP contribution in [0, 0.1) is 0 Å². The number of rotatable bonds is 2. The highest BCUT2D eigenvalue weighted by Gasteiger charge is 2.39. The highest BCUT2D eigenvalue weighted by Crippen LogP contribution is 2.30. The first-order chi connectivity index (χ1) is 9.40. The summed E-state index contributed by atoms with van der Waals surface area (Å²) in [6.07, 6.45) is -0.802. The van der Waals surface area contributed by atoms with E-state index in [-0.39, 0.29) is 13.0 Å². The van der Waals surface area contributed by atoms with Gasteiger partial charge in [0.2, 0.25) is 0 Å². The first-order valence-corrected chi connectivity index (χ1v) is 6.99. The van der Waals surface area contributed by atoms with Gasteiger partial charge in [-0.05, 0) is 28.1 Å². The molecule has 1 aliphatic heterocycles. The second-order valence-corrected chi connectivity index (χ2v) is 5.63. The molecule has 3 N–H and O–H groups in total. The summed E-state index contributed by atoms with van der Waals surface area (Å²) in [5, 5.41) is 21.6. The summed E-state index contributed by atoms with van der Waals surface area (Å²) in [6.45, 7) is -0.0129. The molecule has 2 amide bonds. The molecule has 2 atom stereocenters. The van der Waals surface area contributed by atoms with Crippen LogP contribution in [-0.4, -0.2) is 45.8 Å². The Labute approximate surface area is 128 Å². The summed E-state index contributed by atoms with van der Waals surface area (Å²) < 4.78 is 0.515. The molecule has 1 fully saturated rings. The Hall–Kier alpha value is -1.31.